The first kappa shape index (κ1) is 17.3. The smallest absolute Gasteiger partial charge is 0.0576 e. The highest BCUT2D eigenvalue weighted by molar-refractivity contribution is 4.82. The summed E-state index contributed by atoms with van der Waals surface area (Å²) >= 11 is 0. The van der Waals surface area contributed by atoms with Gasteiger partial charge in [0.2, 0.25) is 0 Å². The molecule has 1 saturated heterocycles. The minimum Gasteiger partial charge on any atom is -0.378 e. The molecular weight excluding hydrogens is 258 g/mol. The Morgan fingerprint density at radius 1 is 1.10 bits per heavy atom. The molecule has 4 atom stereocenters. The van der Waals surface area contributed by atoms with Crippen LogP contribution in [0, 0.1) is 23.7 Å². The molecule has 4 unspecified atom stereocenters. The maximum atomic E-state index is 5.83. The number of ether oxygens (including phenoxy) is 1. The van der Waals surface area contributed by atoms with Crippen LogP contribution in [0.1, 0.15) is 72.1 Å². The van der Waals surface area contributed by atoms with Gasteiger partial charge in [0.25, 0.3) is 0 Å². The molecule has 1 aliphatic heterocycles. The molecule has 1 saturated carbocycles. The summed E-state index contributed by atoms with van der Waals surface area (Å²) in [6.45, 7) is 10.4. The SMILES string of the molecule is CCC1CCC(CNCC(C)C)C(CCC2CCCO2)C1. The Hall–Kier alpha value is -0.0800. The van der Waals surface area contributed by atoms with Crippen LogP contribution < -0.4 is 5.32 Å². The second kappa shape index (κ2) is 9.15. The first-order valence-electron chi connectivity index (χ1n) is 9.51. The summed E-state index contributed by atoms with van der Waals surface area (Å²) in [5.41, 5.74) is 0. The third-order valence-electron chi connectivity index (χ3n) is 5.67. The summed E-state index contributed by atoms with van der Waals surface area (Å²) in [6, 6.07) is 0. The van der Waals surface area contributed by atoms with Gasteiger partial charge in [-0.05, 0) is 75.3 Å². The third kappa shape index (κ3) is 5.90. The lowest BCUT2D eigenvalue weighted by Gasteiger charge is -2.37. The van der Waals surface area contributed by atoms with E-state index >= 15 is 0 Å². The molecule has 0 aromatic carbocycles. The van der Waals surface area contributed by atoms with Crippen LogP contribution in [0.25, 0.3) is 0 Å². The van der Waals surface area contributed by atoms with Gasteiger partial charge in [0, 0.05) is 6.61 Å². The topological polar surface area (TPSA) is 21.3 Å². The zero-order valence-electron chi connectivity index (χ0n) is 14.6. The predicted molar refractivity (Wildman–Crippen MR) is 90.5 cm³/mol. The summed E-state index contributed by atoms with van der Waals surface area (Å²) in [5, 5.41) is 3.71. The van der Waals surface area contributed by atoms with E-state index in [2.05, 4.69) is 26.1 Å². The van der Waals surface area contributed by atoms with Crippen molar-refractivity contribution in [1.29, 1.82) is 0 Å². The normalized spacial score (nSPS) is 33.7. The van der Waals surface area contributed by atoms with Gasteiger partial charge >= 0.3 is 0 Å². The van der Waals surface area contributed by atoms with Crippen LogP contribution in [0.2, 0.25) is 0 Å². The summed E-state index contributed by atoms with van der Waals surface area (Å²) in [7, 11) is 0. The first-order chi connectivity index (χ1) is 10.2. The molecule has 0 aromatic heterocycles. The molecule has 0 spiro atoms. The van der Waals surface area contributed by atoms with E-state index in [0.29, 0.717) is 6.10 Å². The Labute approximate surface area is 132 Å². The fraction of sp³-hybridized carbons (Fsp3) is 1.00. The second-order valence-electron chi connectivity index (χ2n) is 7.87. The van der Waals surface area contributed by atoms with Crippen molar-refractivity contribution in [3.8, 4) is 0 Å². The van der Waals surface area contributed by atoms with Crippen LogP contribution in [-0.4, -0.2) is 25.8 Å². The van der Waals surface area contributed by atoms with Crippen molar-refractivity contribution in [2.24, 2.45) is 23.7 Å². The van der Waals surface area contributed by atoms with E-state index in [-0.39, 0.29) is 0 Å². The van der Waals surface area contributed by atoms with Crippen molar-refractivity contribution in [2.75, 3.05) is 19.7 Å². The number of hydrogen-bond donors (Lipinski definition) is 1. The van der Waals surface area contributed by atoms with Crippen molar-refractivity contribution >= 4 is 0 Å². The van der Waals surface area contributed by atoms with Crippen molar-refractivity contribution in [2.45, 2.75) is 78.2 Å². The molecule has 1 aliphatic carbocycles. The molecule has 2 fully saturated rings. The van der Waals surface area contributed by atoms with Crippen LogP contribution in [0.15, 0.2) is 0 Å². The van der Waals surface area contributed by atoms with Gasteiger partial charge in [-0.15, -0.1) is 0 Å². The molecule has 2 heteroatoms. The molecule has 0 radical (unpaired) electrons. The van der Waals surface area contributed by atoms with Gasteiger partial charge in [-0.1, -0.05) is 33.6 Å². The van der Waals surface area contributed by atoms with Gasteiger partial charge in [-0.2, -0.15) is 0 Å². The summed E-state index contributed by atoms with van der Waals surface area (Å²) in [6.07, 6.45) is 11.6. The average molecular weight is 296 g/mol. The Balaban J connectivity index is 1.77. The van der Waals surface area contributed by atoms with E-state index in [9.17, 15) is 0 Å². The highest BCUT2D eigenvalue weighted by Gasteiger charge is 2.30. The quantitative estimate of drug-likeness (QED) is 0.704. The molecule has 0 amide bonds. The Morgan fingerprint density at radius 3 is 2.62 bits per heavy atom. The van der Waals surface area contributed by atoms with Gasteiger partial charge in [0.15, 0.2) is 0 Å². The van der Waals surface area contributed by atoms with E-state index in [1.807, 2.05) is 0 Å². The Bertz CT molecular complexity index is 273. The van der Waals surface area contributed by atoms with Crippen LogP contribution in [-0.2, 0) is 4.74 Å². The van der Waals surface area contributed by atoms with E-state index in [0.717, 1.165) is 30.3 Å². The van der Waals surface area contributed by atoms with Crippen LogP contribution >= 0.6 is 0 Å². The van der Waals surface area contributed by atoms with Crippen molar-refractivity contribution < 1.29 is 4.74 Å². The molecule has 21 heavy (non-hydrogen) atoms. The van der Waals surface area contributed by atoms with Crippen LogP contribution in [0.3, 0.4) is 0 Å². The lowest BCUT2D eigenvalue weighted by Crippen LogP contribution is -2.35. The Kier molecular flexibility index (Phi) is 7.53. The van der Waals surface area contributed by atoms with Crippen molar-refractivity contribution in [1.82, 2.24) is 5.32 Å². The highest BCUT2D eigenvalue weighted by Crippen LogP contribution is 2.38. The van der Waals surface area contributed by atoms with Crippen molar-refractivity contribution in [3.05, 3.63) is 0 Å². The molecule has 2 nitrogen and oxygen atoms in total. The summed E-state index contributed by atoms with van der Waals surface area (Å²) in [5.74, 6) is 3.60. The van der Waals surface area contributed by atoms with Gasteiger partial charge in [0.05, 0.1) is 6.10 Å². The van der Waals surface area contributed by atoms with Gasteiger partial charge in [-0.3, -0.25) is 0 Å². The molecular formula is C19H37NO. The van der Waals surface area contributed by atoms with E-state index in [1.54, 1.807) is 0 Å². The maximum Gasteiger partial charge on any atom is 0.0576 e. The second-order valence-corrected chi connectivity index (χ2v) is 7.87. The molecule has 2 aliphatic rings. The van der Waals surface area contributed by atoms with Gasteiger partial charge in [0.1, 0.15) is 0 Å². The summed E-state index contributed by atoms with van der Waals surface area (Å²) in [4.78, 5) is 0. The zero-order valence-corrected chi connectivity index (χ0v) is 14.6. The molecule has 0 bridgehead atoms. The third-order valence-corrected chi connectivity index (χ3v) is 5.67. The fourth-order valence-corrected chi connectivity index (χ4v) is 4.25. The minimum absolute atomic E-state index is 0.580. The van der Waals surface area contributed by atoms with E-state index in [1.165, 1.54) is 64.5 Å². The van der Waals surface area contributed by atoms with E-state index < -0.39 is 0 Å². The number of hydrogen-bond acceptors (Lipinski definition) is 2. The molecule has 1 N–H and O–H groups in total. The Morgan fingerprint density at radius 2 is 1.95 bits per heavy atom. The van der Waals surface area contributed by atoms with Crippen LogP contribution in [0.4, 0.5) is 0 Å². The highest BCUT2D eigenvalue weighted by atomic mass is 16.5. The summed E-state index contributed by atoms with van der Waals surface area (Å²) < 4.78 is 5.83. The van der Waals surface area contributed by atoms with Gasteiger partial charge in [-0.25, -0.2) is 0 Å². The minimum atomic E-state index is 0.580. The zero-order chi connectivity index (χ0) is 15.1. The first-order valence-corrected chi connectivity index (χ1v) is 9.51. The molecule has 2 rings (SSSR count). The standard InChI is InChI=1S/C19H37NO/c1-4-16-7-8-18(14-20-13-15(2)3)17(12-16)9-10-19-6-5-11-21-19/h15-20H,4-14H2,1-3H3. The maximum absolute atomic E-state index is 5.83. The number of nitrogens with one attached hydrogen (secondary N) is 1. The number of rotatable bonds is 8. The monoisotopic (exact) mass is 295 g/mol. The van der Waals surface area contributed by atoms with Crippen LogP contribution in [0.5, 0.6) is 0 Å². The molecule has 1 heterocycles. The molecule has 0 aromatic rings. The average Bonchev–Trinajstić information content (AvgIpc) is 2.99. The lowest BCUT2D eigenvalue weighted by atomic mass is 9.71. The predicted octanol–water partition coefficient (Wildman–Crippen LogP) is 4.63. The largest absolute Gasteiger partial charge is 0.378 e. The lowest BCUT2D eigenvalue weighted by molar-refractivity contribution is 0.0838. The van der Waals surface area contributed by atoms with E-state index in [4.69, 9.17) is 4.74 Å². The molecule has 124 valence electrons. The van der Waals surface area contributed by atoms with Crippen molar-refractivity contribution in [3.63, 3.8) is 0 Å². The van der Waals surface area contributed by atoms with Gasteiger partial charge < -0.3 is 10.1 Å². The fourth-order valence-electron chi connectivity index (χ4n) is 4.25.